The van der Waals surface area contributed by atoms with Crippen molar-refractivity contribution in [1.29, 1.82) is 0 Å². The molecule has 0 N–H and O–H groups in total. The Bertz CT molecular complexity index is 958. The summed E-state index contributed by atoms with van der Waals surface area (Å²) >= 11 is 6.41. The van der Waals surface area contributed by atoms with Gasteiger partial charge in [0.15, 0.2) is 9.84 Å². The molecule has 0 saturated carbocycles. The van der Waals surface area contributed by atoms with Gasteiger partial charge in [0.25, 0.3) is 5.91 Å². The highest BCUT2D eigenvalue weighted by atomic mass is 32.2. The van der Waals surface area contributed by atoms with Crippen LogP contribution in [0.3, 0.4) is 0 Å². The molecule has 28 heavy (non-hydrogen) atoms. The molecule has 0 aliphatic carbocycles. The second-order valence-electron chi connectivity index (χ2n) is 6.57. The molecule has 2 aliphatic rings. The molecule has 2 saturated heterocycles. The average molecular weight is 441 g/mol. The van der Waals surface area contributed by atoms with E-state index in [4.69, 9.17) is 17.0 Å². The van der Waals surface area contributed by atoms with Gasteiger partial charge in [-0.2, -0.15) is 0 Å². The van der Waals surface area contributed by atoms with Crippen molar-refractivity contribution < 1.29 is 22.7 Å². The molecular formula is C18H20N2O5S3. The zero-order valence-electron chi connectivity index (χ0n) is 15.5. The van der Waals surface area contributed by atoms with Crippen molar-refractivity contribution in [3.63, 3.8) is 0 Å². The Hall–Kier alpha value is -1.91. The van der Waals surface area contributed by atoms with E-state index in [2.05, 4.69) is 0 Å². The number of amides is 2. The number of hydrogen-bond acceptors (Lipinski definition) is 7. The lowest BCUT2D eigenvalue weighted by Crippen LogP contribution is -2.45. The van der Waals surface area contributed by atoms with E-state index in [1.807, 2.05) is 18.2 Å². The normalized spacial score (nSPS) is 22.7. The Morgan fingerprint density at radius 1 is 1.43 bits per heavy atom. The SMILES string of the molecule is COc1ccccc1/C=C1\SC(=S)N(CC(=O)N(C)[C@H]2CCS(=O)(=O)C2)C1=O. The first-order valence-electron chi connectivity index (χ1n) is 8.56. The van der Waals surface area contributed by atoms with Crippen molar-refractivity contribution in [2.75, 3.05) is 32.2 Å². The molecular weight excluding hydrogens is 420 g/mol. The van der Waals surface area contributed by atoms with Crippen LogP contribution >= 0.6 is 24.0 Å². The number of methoxy groups -OCH3 is 1. The van der Waals surface area contributed by atoms with Crippen molar-refractivity contribution in [2.45, 2.75) is 12.5 Å². The van der Waals surface area contributed by atoms with Gasteiger partial charge >= 0.3 is 0 Å². The van der Waals surface area contributed by atoms with Crippen LogP contribution in [-0.2, 0) is 19.4 Å². The summed E-state index contributed by atoms with van der Waals surface area (Å²) < 4.78 is 28.9. The van der Waals surface area contributed by atoms with Crippen LogP contribution in [0.1, 0.15) is 12.0 Å². The number of carbonyl (C=O) groups excluding carboxylic acids is 2. The molecule has 2 fully saturated rings. The molecule has 2 aliphatic heterocycles. The van der Waals surface area contributed by atoms with Crippen LogP contribution in [0.4, 0.5) is 0 Å². The van der Waals surface area contributed by atoms with E-state index >= 15 is 0 Å². The molecule has 0 aromatic heterocycles. The number of thioether (sulfide) groups is 1. The third-order valence-electron chi connectivity index (χ3n) is 4.74. The number of ether oxygens (including phenoxy) is 1. The Kier molecular flexibility index (Phi) is 6.11. The smallest absolute Gasteiger partial charge is 0.266 e. The van der Waals surface area contributed by atoms with Crippen molar-refractivity contribution in [1.82, 2.24) is 9.80 Å². The summed E-state index contributed by atoms with van der Waals surface area (Å²) in [4.78, 5) is 28.4. The van der Waals surface area contributed by atoms with Crippen LogP contribution in [0, 0.1) is 0 Å². The summed E-state index contributed by atoms with van der Waals surface area (Å²) in [6.45, 7) is -0.207. The highest BCUT2D eigenvalue weighted by Crippen LogP contribution is 2.34. The van der Waals surface area contributed by atoms with E-state index in [0.29, 0.717) is 21.4 Å². The molecule has 1 aromatic carbocycles. The number of likely N-dealkylation sites (N-methyl/N-ethyl adjacent to an activating group) is 1. The fourth-order valence-corrected chi connectivity index (χ4v) is 6.11. The molecule has 0 radical (unpaired) electrons. The van der Waals surface area contributed by atoms with Crippen molar-refractivity contribution in [2.24, 2.45) is 0 Å². The number of sulfone groups is 1. The molecule has 3 rings (SSSR count). The summed E-state index contributed by atoms with van der Waals surface area (Å²) in [6, 6.07) is 6.92. The summed E-state index contributed by atoms with van der Waals surface area (Å²) in [6.07, 6.45) is 2.10. The number of para-hydroxylation sites is 1. The fraction of sp³-hybridized carbons (Fsp3) is 0.389. The number of carbonyl (C=O) groups is 2. The lowest BCUT2D eigenvalue weighted by molar-refractivity contribution is -0.135. The Balaban J connectivity index is 1.72. The first kappa shape index (κ1) is 20.8. The second-order valence-corrected chi connectivity index (χ2v) is 10.5. The highest BCUT2D eigenvalue weighted by molar-refractivity contribution is 8.26. The number of hydrogen-bond donors (Lipinski definition) is 0. The number of thiocarbonyl (C=S) groups is 1. The van der Waals surface area contributed by atoms with Gasteiger partial charge < -0.3 is 9.64 Å². The van der Waals surface area contributed by atoms with E-state index < -0.39 is 9.84 Å². The summed E-state index contributed by atoms with van der Waals surface area (Å²) in [5.41, 5.74) is 0.741. The molecule has 1 atom stereocenters. The number of rotatable bonds is 5. The highest BCUT2D eigenvalue weighted by Gasteiger charge is 2.37. The van der Waals surface area contributed by atoms with Gasteiger partial charge in [0.05, 0.1) is 23.5 Å². The molecule has 10 heteroatoms. The molecule has 0 spiro atoms. The van der Waals surface area contributed by atoms with E-state index in [0.717, 1.165) is 17.3 Å². The minimum absolute atomic E-state index is 0.0403. The predicted octanol–water partition coefficient (Wildman–Crippen LogP) is 1.54. The van der Waals surface area contributed by atoms with Crippen LogP contribution < -0.4 is 4.74 Å². The number of benzene rings is 1. The molecule has 7 nitrogen and oxygen atoms in total. The largest absolute Gasteiger partial charge is 0.496 e. The maximum absolute atomic E-state index is 12.7. The third kappa shape index (κ3) is 4.39. The standard InChI is InChI=1S/C18H20N2O5S3/c1-19(13-7-8-28(23,24)11-13)16(21)10-20-17(22)15(27-18(20)26)9-12-5-3-4-6-14(12)25-2/h3-6,9,13H,7-8,10-11H2,1-2H3/b15-9-/t13-/m0/s1. The lowest BCUT2D eigenvalue weighted by atomic mass is 10.2. The zero-order valence-corrected chi connectivity index (χ0v) is 17.9. The maximum atomic E-state index is 12.7. The minimum Gasteiger partial charge on any atom is -0.496 e. The van der Waals surface area contributed by atoms with Crippen molar-refractivity contribution in [3.05, 3.63) is 34.7 Å². The van der Waals surface area contributed by atoms with Crippen LogP contribution in [-0.4, -0.2) is 72.6 Å². The van der Waals surface area contributed by atoms with Gasteiger partial charge in [0.2, 0.25) is 5.91 Å². The maximum Gasteiger partial charge on any atom is 0.266 e. The lowest BCUT2D eigenvalue weighted by Gasteiger charge is -2.25. The van der Waals surface area contributed by atoms with Crippen molar-refractivity contribution >= 4 is 56.0 Å². The predicted molar refractivity (Wildman–Crippen MR) is 113 cm³/mol. The van der Waals surface area contributed by atoms with Gasteiger partial charge in [-0.25, -0.2) is 8.42 Å². The average Bonchev–Trinajstić information content (AvgIpc) is 3.15. The van der Waals surface area contributed by atoms with Crippen LogP contribution in [0.5, 0.6) is 5.75 Å². The topological polar surface area (TPSA) is 84.0 Å². The summed E-state index contributed by atoms with van der Waals surface area (Å²) in [5.74, 6) is -0.0102. The van der Waals surface area contributed by atoms with Gasteiger partial charge in [0, 0.05) is 18.7 Å². The molecule has 1 aromatic rings. The summed E-state index contributed by atoms with van der Waals surface area (Å²) in [7, 11) is 0.0187. The fourth-order valence-electron chi connectivity index (χ4n) is 3.09. The first-order valence-corrected chi connectivity index (χ1v) is 11.6. The van der Waals surface area contributed by atoms with Crippen LogP contribution in [0.25, 0.3) is 6.08 Å². The van der Waals surface area contributed by atoms with Crippen molar-refractivity contribution in [3.8, 4) is 5.75 Å². The van der Waals surface area contributed by atoms with Gasteiger partial charge in [-0.1, -0.05) is 42.2 Å². The molecule has 0 unspecified atom stereocenters. The number of nitrogens with zero attached hydrogens (tertiary/aromatic N) is 2. The van der Waals surface area contributed by atoms with E-state index in [1.54, 1.807) is 26.3 Å². The third-order valence-corrected chi connectivity index (χ3v) is 7.87. The van der Waals surface area contributed by atoms with Gasteiger partial charge in [-0.05, 0) is 18.6 Å². The zero-order chi connectivity index (χ0) is 20.5. The first-order chi connectivity index (χ1) is 13.2. The van der Waals surface area contributed by atoms with E-state index in [9.17, 15) is 18.0 Å². The Labute approximate surface area is 173 Å². The minimum atomic E-state index is -3.10. The molecule has 2 amide bonds. The Morgan fingerprint density at radius 3 is 2.79 bits per heavy atom. The molecule has 0 bridgehead atoms. The monoisotopic (exact) mass is 440 g/mol. The van der Waals surface area contributed by atoms with Crippen LogP contribution in [0.15, 0.2) is 29.2 Å². The Morgan fingerprint density at radius 2 is 2.14 bits per heavy atom. The van der Waals surface area contributed by atoms with Gasteiger partial charge in [0.1, 0.15) is 16.6 Å². The van der Waals surface area contributed by atoms with Gasteiger partial charge in [-0.3, -0.25) is 14.5 Å². The quantitative estimate of drug-likeness (QED) is 0.507. The van der Waals surface area contributed by atoms with Crippen LogP contribution in [0.2, 0.25) is 0 Å². The summed E-state index contributed by atoms with van der Waals surface area (Å²) in [5, 5.41) is 0. The molecule has 150 valence electrons. The second kappa shape index (κ2) is 8.22. The van der Waals surface area contributed by atoms with E-state index in [1.165, 1.54) is 9.80 Å². The molecule has 2 heterocycles. The van der Waals surface area contributed by atoms with E-state index in [-0.39, 0.29) is 35.9 Å². The van der Waals surface area contributed by atoms with Gasteiger partial charge in [-0.15, -0.1) is 0 Å².